The molecule has 1 amide bonds. The van der Waals surface area contributed by atoms with Gasteiger partial charge in [0.1, 0.15) is 11.4 Å². The van der Waals surface area contributed by atoms with Crippen LogP contribution >= 0.6 is 47.0 Å². The predicted molar refractivity (Wildman–Crippen MR) is 136 cm³/mol. The highest BCUT2D eigenvalue weighted by Gasteiger charge is 2.26. The highest BCUT2D eigenvalue weighted by molar-refractivity contribution is 7.80. The van der Waals surface area contributed by atoms with Gasteiger partial charge < -0.3 is 14.2 Å². The van der Waals surface area contributed by atoms with Crippen molar-refractivity contribution in [3.05, 3.63) is 79.5 Å². The molecular weight excluding hydrogens is 523 g/mol. The number of rotatable bonds is 4. The third-order valence-corrected chi connectivity index (χ3v) is 6.72. The molecule has 2 aromatic carbocycles. The Morgan fingerprint density at radius 2 is 1.79 bits per heavy atom. The van der Waals surface area contributed by atoms with E-state index in [1.165, 1.54) is 12.1 Å². The number of benzene rings is 2. The molecule has 1 saturated heterocycles. The summed E-state index contributed by atoms with van der Waals surface area (Å²) in [7, 11) is 0. The van der Waals surface area contributed by atoms with Gasteiger partial charge in [0.2, 0.25) is 0 Å². The number of nitro groups is 1. The fraction of sp³-hybridized carbons (Fsp3) is 0.182. The maximum absolute atomic E-state index is 12.7. The normalized spacial score (nSPS) is 13.6. The highest BCUT2D eigenvalue weighted by Crippen LogP contribution is 2.34. The number of nitrogens with zero attached hydrogens (tertiary/aromatic N) is 3. The van der Waals surface area contributed by atoms with Crippen LogP contribution in [0.25, 0.3) is 11.3 Å². The van der Waals surface area contributed by atoms with Crippen LogP contribution in [0.4, 0.5) is 11.4 Å². The number of halogens is 3. The Kier molecular flexibility index (Phi) is 7.27. The summed E-state index contributed by atoms with van der Waals surface area (Å²) in [6.45, 7) is 1.91. The van der Waals surface area contributed by atoms with E-state index >= 15 is 0 Å². The van der Waals surface area contributed by atoms with Crippen LogP contribution in [0.5, 0.6) is 0 Å². The van der Waals surface area contributed by atoms with Crippen molar-refractivity contribution in [3.63, 3.8) is 0 Å². The summed E-state index contributed by atoms with van der Waals surface area (Å²) < 4.78 is 5.66. The summed E-state index contributed by atoms with van der Waals surface area (Å²) in [6.07, 6.45) is 0. The number of hydrogen-bond acceptors (Lipinski definition) is 6. The smallest absolute Gasteiger partial charge is 0.294 e. The molecule has 0 radical (unpaired) electrons. The second-order valence-corrected chi connectivity index (χ2v) is 9.00. The zero-order valence-electron chi connectivity index (χ0n) is 17.5. The van der Waals surface area contributed by atoms with Crippen LogP contribution < -0.4 is 10.2 Å². The van der Waals surface area contributed by atoms with Crippen LogP contribution in [0.1, 0.15) is 10.6 Å². The molecule has 0 aliphatic carbocycles. The molecule has 4 rings (SSSR count). The Morgan fingerprint density at radius 1 is 1.06 bits per heavy atom. The third-order valence-electron chi connectivity index (χ3n) is 5.31. The SMILES string of the molecule is O=C(NC(=S)N1CCN(c2ccc(Cl)cc2[N+](=O)[O-])CC1)c1ccc(-c2cccc(Cl)c2Cl)o1. The number of carbonyl (C=O) groups excluding carboxylic acids is 1. The van der Waals surface area contributed by atoms with Crippen molar-refractivity contribution in [2.75, 3.05) is 31.1 Å². The minimum Gasteiger partial charge on any atom is -0.451 e. The second kappa shape index (κ2) is 10.2. The van der Waals surface area contributed by atoms with Crippen LogP contribution in [-0.2, 0) is 0 Å². The molecule has 34 heavy (non-hydrogen) atoms. The van der Waals surface area contributed by atoms with E-state index in [9.17, 15) is 14.9 Å². The minimum atomic E-state index is -0.495. The van der Waals surface area contributed by atoms with Crippen LogP contribution in [0.15, 0.2) is 52.9 Å². The van der Waals surface area contributed by atoms with E-state index in [2.05, 4.69) is 5.32 Å². The topological polar surface area (TPSA) is 91.9 Å². The number of piperazine rings is 1. The maximum Gasteiger partial charge on any atom is 0.294 e. The monoisotopic (exact) mass is 538 g/mol. The number of nitro benzene ring substituents is 1. The van der Waals surface area contributed by atoms with Gasteiger partial charge in [0.15, 0.2) is 10.9 Å². The van der Waals surface area contributed by atoms with Gasteiger partial charge in [-0.05, 0) is 48.6 Å². The molecule has 176 valence electrons. The van der Waals surface area contributed by atoms with Crippen molar-refractivity contribution in [1.82, 2.24) is 10.2 Å². The fourth-order valence-electron chi connectivity index (χ4n) is 3.60. The Balaban J connectivity index is 1.38. The first kappa shape index (κ1) is 24.3. The number of hydrogen-bond donors (Lipinski definition) is 1. The molecule has 12 heteroatoms. The molecular formula is C22H17Cl3N4O4S. The number of amides is 1. The lowest BCUT2D eigenvalue weighted by Gasteiger charge is -2.36. The summed E-state index contributed by atoms with van der Waals surface area (Å²) in [5, 5.41) is 15.3. The number of furan rings is 1. The van der Waals surface area contributed by atoms with Crippen molar-refractivity contribution >= 4 is 69.4 Å². The lowest BCUT2D eigenvalue weighted by Crippen LogP contribution is -2.52. The lowest BCUT2D eigenvalue weighted by atomic mass is 10.2. The number of thiocarbonyl (C=S) groups is 1. The molecule has 0 saturated carbocycles. The standard InChI is InChI=1S/C22H17Cl3N4O4S/c23-13-4-5-16(17(12-13)29(31)32)27-8-10-28(11-9-27)22(34)26-21(30)19-7-6-18(33-19)14-2-1-3-15(24)20(14)25/h1-7,12H,8-11H2,(H,26,30,34). The zero-order chi connectivity index (χ0) is 24.4. The van der Waals surface area contributed by atoms with E-state index in [4.69, 9.17) is 51.4 Å². The first-order chi connectivity index (χ1) is 16.2. The fourth-order valence-corrected chi connectivity index (χ4v) is 4.43. The summed E-state index contributed by atoms with van der Waals surface area (Å²) >= 11 is 23.6. The molecule has 1 aliphatic heterocycles. The first-order valence-corrected chi connectivity index (χ1v) is 11.6. The molecule has 1 fully saturated rings. The third kappa shape index (κ3) is 5.12. The molecule has 0 bridgehead atoms. The minimum absolute atomic E-state index is 0.0507. The molecule has 0 spiro atoms. The van der Waals surface area contributed by atoms with Crippen LogP contribution in [0, 0.1) is 10.1 Å². The quantitative estimate of drug-likeness (QED) is 0.260. The Labute approximate surface area is 215 Å². The van der Waals surface area contributed by atoms with Gasteiger partial charge in [-0.15, -0.1) is 0 Å². The largest absolute Gasteiger partial charge is 0.451 e. The molecule has 1 N–H and O–H groups in total. The van der Waals surface area contributed by atoms with E-state index in [1.54, 1.807) is 36.4 Å². The Morgan fingerprint density at radius 3 is 2.50 bits per heavy atom. The van der Waals surface area contributed by atoms with Gasteiger partial charge in [0.05, 0.1) is 15.0 Å². The van der Waals surface area contributed by atoms with Crippen LogP contribution in [0.3, 0.4) is 0 Å². The summed E-state index contributed by atoms with van der Waals surface area (Å²) in [6, 6.07) is 12.9. The average Bonchev–Trinajstić information content (AvgIpc) is 3.31. The van der Waals surface area contributed by atoms with Crippen LogP contribution in [0.2, 0.25) is 15.1 Å². The first-order valence-electron chi connectivity index (χ1n) is 10.1. The molecule has 0 unspecified atom stereocenters. The van der Waals surface area contributed by atoms with Gasteiger partial charge in [0.25, 0.3) is 11.6 Å². The van der Waals surface area contributed by atoms with Crippen LogP contribution in [-0.4, -0.2) is 47.0 Å². The van der Waals surface area contributed by atoms with Gasteiger partial charge in [-0.2, -0.15) is 0 Å². The predicted octanol–water partition coefficient (Wildman–Crippen LogP) is 5.65. The molecule has 1 aliphatic rings. The second-order valence-electron chi connectivity index (χ2n) is 7.39. The van der Waals surface area contributed by atoms with E-state index in [-0.39, 0.29) is 16.6 Å². The van der Waals surface area contributed by atoms with E-state index < -0.39 is 10.8 Å². The van der Waals surface area contributed by atoms with Gasteiger partial charge in [0, 0.05) is 42.8 Å². The Hall–Kier alpha value is -2.85. The summed E-state index contributed by atoms with van der Waals surface area (Å²) in [5.74, 6) is -0.0178. The summed E-state index contributed by atoms with van der Waals surface area (Å²) in [4.78, 5) is 27.3. The van der Waals surface area contributed by atoms with E-state index in [1.807, 2.05) is 9.80 Å². The molecule has 3 aromatic rings. The number of nitrogens with one attached hydrogen (secondary N) is 1. The van der Waals surface area contributed by atoms with E-state index in [0.29, 0.717) is 58.3 Å². The van der Waals surface area contributed by atoms with Gasteiger partial charge in [-0.3, -0.25) is 20.2 Å². The molecule has 1 aromatic heterocycles. The van der Waals surface area contributed by atoms with Crippen molar-refractivity contribution < 1.29 is 14.1 Å². The highest BCUT2D eigenvalue weighted by atomic mass is 35.5. The molecule has 2 heterocycles. The molecule has 0 atom stereocenters. The maximum atomic E-state index is 12.7. The molecule has 8 nitrogen and oxygen atoms in total. The van der Waals surface area contributed by atoms with Crippen molar-refractivity contribution in [2.45, 2.75) is 0 Å². The van der Waals surface area contributed by atoms with Crippen molar-refractivity contribution in [1.29, 1.82) is 0 Å². The van der Waals surface area contributed by atoms with E-state index in [0.717, 1.165) is 0 Å². The lowest BCUT2D eigenvalue weighted by molar-refractivity contribution is -0.384. The zero-order valence-corrected chi connectivity index (χ0v) is 20.5. The summed E-state index contributed by atoms with van der Waals surface area (Å²) in [5.41, 5.74) is 1.01. The average molecular weight is 540 g/mol. The number of anilines is 1. The van der Waals surface area contributed by atoms with Gasteiger partial charge in [-0.1, -0.05) is 40.9 Å². The van der Waals surface area contributed by atoms with Crippen molar-refractivity contribution in [2.24, 2.45) is 0 Å². The van der Waals surface area contributed by atoms with Crippen molar-refractivity contribution in [3.8, 4) is 11.3 Å². The van der Waals surface area contributed by atoms with Gasteiger partial charge in [-0.25, -0.2) is 0 Å². The Bertz CT molecular complexity index is 1270. The number of carbonyl (C=O) groups is 1. The van der Waals surface area contributed by atoms with Gasteiger partial charge >= 0.3 is 0 Å².